The first-order chi connectivity index (χ1) is 6.29. The second-order valence-electron chi connectivity index (χ2n) is 2.80. The molecule has 0 fully saturated rings. The third kappa shape index (κ3) is 1.99. The van der Waals surface area contributed by atoms with Gasteiger partial charge in [-0.15, -0.1) is 0 Å². The van der Waals surface area contributed by atoms with Crippen molar-refractivity contribution in [1.82, 2.24) is 0 Å². The second kappa shape index (κ2) is 3.88. The van der Waals surface area contributed by atoms with Crippen LogP contribution in [0.3, 0.4) is 0 Å². The largest absolute Gasteiger partial charge is 0.486 e. The molecule has 4 heteroatoms. The average Bonchev–Trinajstić information content (AvgIpc) is 2.16. The van der Waals surface area contributed by atoms with E-state index < -0.39 is 0 Å². The Hall–Kier alpha value is -0.220. The number of rotatable bonds is 1. The maximum atomic E-state index is 5.66. The Kier molecular flexibility index (Phi) is 2.79. The molecule has 1 aliphatic rings. The van der Waals surface area contributed by atoms with Crippen LogP contribution in [0.2, 0.25) is 0 Å². The van der Waals surface area contributed by atoms with Gasteiger partial charge in [-0.2, -0.15) is 0 Å². The molecule has 0 spiro atoms. The lowest BCUT2D eigenvalue weighted by molar-refractivity contribution is 0.108. The maximum absolute atomic E-state index is 5.66. The van der Waals surface area contributed by atoms with Gasteiger partial charge >= 0.3 is 0 Å². The van der Waals surface area contributed by atoms with Gasteiger partial charge in [0, 0.05) is 9.80 Å². The van der Waals surface area contributed by atoms with Crippen molar-refractivity contribution >= 4 is 31.9 Å². The molecule has 1 atom stereocenters. The van der Waals surface area contributed by atoms with E-state index in [1.54, 1.807) is 0 Å². The lowest BCUT2D eigenvalue weighted by Crippen LogP contribution is -2.30. The molecule has 1 heterocycles. The van der Waals surface area contributed by atoms with Gasteiger partial charge in [-0.3, -0.25) is 0 Å². The minimum Gasteiger partial charge on any atom is -0.486 e. The molecule has 0 unspecified atom stereocenters. The van der Waals surface area contributed by atoms with Crippen LogP contribution < -0.4 is 9.47 Å². The lowest BCUT2D eigenvalue weighted by atomic mass is 10.3. The van der Waals surface area contributed by atoms with Crippen LogP contribution in [0, 0.1) is 0 Å². The number of hydrogen-bond acceptors (Lipinski definition) is 2. The van der Waals surface area contributed by atoms with E-state index in [0.29, 0.717) is 6.61 Å². The molecule has 0 aromatic heterocycles. The zero-order valence-electron chi connectivity index (χ0n) is 6.80. The molecule has 0 aliphatic carbocycles. The molecule has 2 nitrogen and oxygen atoms in total. The molecular weight excluding hydrogens is 300 g/mol. The summed E-state index contributed by atoms with van der Waals surface area (Å²) >= 11 is 6.75. The summed E-state index contributed by atoms with van der Waals surface area (Å²) in [5.41, 5.74) is 0. The number of ether oxygens (including phenoxy) is 2. The molecule has 13 heavy (non-hydrogen) atoms. The summed E-state index contributed by atoms with van der Waals surface area (Å²) in [6.45, 7) is 0.611. The van der Waals surface area contributed by atoms with Crippen molar-refractivity contribution in [3.63, 3.8) is 0 Å². The Labute approximate surface area is 93.5 Å². The fraction of sp³-hybridized carbons (Fsp3) is 0.333. The second-order valence-corrected chi connectivity index (χ2v) is 4.36. The van der Waals surface area contributed by atoms with Gasteiger partial charge in [0.25, 0.3) is 0 Å². The molecule has 0 saturated heterocycles. The van der Waals surface area contributed by atoms with E-state index in [1.165, 1.54) is 0 Å². The molecule has 1 aromatic carbocycles. The summed E-state index contributed by atoms with van der Waals surface area (Å²) in [5.74, 6) is 1.63. The van der Waals surface area contributed by atoms with Crippen LogP contribution in [0.15, 0.2) is 22.7 Å². The van der Waals surface area contributed by atoms with E-state index in [9.17, 15) is 0 Å². The molecule has 1 aromatic rings. The highest BCUT2D eigenvalue weighted by Crippen LogP contribution is 2.34. The summed E-state index contributed by atoms with van der Waals surface area (Å²) in [6.07, 6.45) is 0.113. The van der Waals surface area contributed by atoms with E-state index in [2.05, 4.69) is 31.9 Å². The number of halogens is 2. The molecule has 2 rings (SSSR count). The molecule has 0 radical (unpaired) electrons. The first kappa shape index (κ1) is 9.34. The summed E-state index contributed by atoms with van der Waals surface area (Å²) in [4.78, 5) is 0. The normalized spacial score (nSPS) is 20.0. The van der Waals surface area contributed by atoms with Crippen molar-refractivity contribution in [3.8, 4) is 11.5 Å². The average molecular weight is 308 g/mol. The van der Waals surface area contributed by atoms with Gasteiger partial charge in [0.05, 0.1) is 0 Å². The SMILES string of the molecule is BrC[C@H]1COc2ccc(Br)cc2O1. The quantitative estimate of drug-likeness (QED) is 0.743. The van der Waals surface area contributed by atoms with Gasteiger partial charge < -0.3 is 9.47 Å². The molecule has 0 saturated carbocycles. The van der Waals surface area contributed by atoms with Crippen LogP contribution in [-0.2, 0) is 0 Å². The summed E-state index contributed by atoms with van der Waals surface area (Å²) in [6, 6.07) is 5.77. The monoisotopic (exact) mass is 306 g/mol. The van der Waals surface area contributed by atoms with Crippen LogP contribution in [0.1, 0.15) is 0 Å². The van der Waals surface area contributed by atoms with Crippen molar-refractivity contribution < 1.29 is 9.47 Å². The van der Waals surface area contributed by atoms with E-state index >= 15 is 0 Å². The van der Waals surface area contributed by atoms with Gasteiger partial charge in [-0.25, -0.2) is 0 Å². The smallest absolute Gasteiger partial charge is 0.162 e. The Morgan fingerprint density at radius 3 is 3.00 bits per heavy atom. The Balaban J connectivity index is 2.27. The van der Waals surface area contributed by atoms with E-state index in [4.69, 9.17) is 9.47 Å². The minimum atomic E-state index is 0.113. The van der Waals surface area contributed by atoms with E-state index in [1.807, 2.05) is 18.2 Å². The van der Waals surface area contributed by atoms with Crippen molar-refractivity contribution in [2.75, 3.05) is 11.9 Å². The van der Waals surface area contributed by atoms with Crippen LogP contribution in [0.25, 0.3) is 0 Å². The van der Waals surface area contributed by atoms with E-state index in [0.717, 1.165) is 21.3 Å². The Bertz CT molecular complexity index is 314. The molecule has 0 amide bonds. The van der Waals surface area contributed by atoms with Crippen molar-refractivity contribution in [3.05, 3.63) is 22.7 Å². The van der Waals surface area contributed by atoms with Gasteiger partial charge in [-0.05, 0) is 18.2 Å². The van der Waals surface area contributed by atoms with E-state index in [-0.39, 0.29) is 6.10 Å². The van der Waals surface area contributed by atoms with Crippen LogP contribution in [0.4, 0.5) is 0 Å². The fourth-order valence-electron chi connectivity index (χ4n) is 1.17. The molecule has 0 bridgehead atoms. The minimum absolute atomic E-state index is 0.113. The van der Waals surface area contributed by atoms with Crippen molar-refractivity contribution in [1.29, 1.82) is 0 Å². The maximum Gasteiger partial charge on any atom is 0.162 e. The standard InChI is InChI=1S/C9H8Br2O2/c10-4-7-5-12-8-2-1-6(11)3-9(8)13-7/h1-3,7H,4-5H2/t7-/m0/s1. The summed E-state index contributed by atoms with van der Waals surface area (Å²) in [5, 5.41) is 0.791. The first-order valence-electron chi connectivity index (χ1n) is 3.94. The molecular formula is C9H8Br2O2. The Morgan fingerprint density at radius 1 is 1.38 bits per heavy atom. The van der Waals surface area contributed by atoms with Gasteiger partial charge in [0.1, 0.15) is 12.7 Å². The molecule has 1 aliphatic heterocycles. The third-order valence-electron chi connectivity index (χ3n) is 1.80. The van der Waals surface area contributed by atoms with Crippen molar-refractivity contribution in [2.24, 2.45) is 0 Å². The number of fused-ring (bicyclic) bond motifs is 1. The van der Waals surface area contributed by atoms with Gasteiger partial charge in [0.2, 0.25) is 0 Å². The zero-order valence-corrected chi connectivity index (χ0v) is 9.97. The number of benzene rings is 1. The number of alkyl halides is 1. The van der Waals surface area contributed by atoms with Gasteiger partial charge in [-0.1, -0.05) is 31.9 Å². The zero-order chi connectivity index (χ0) is 9.26. The predicted octanol–water partition coefficient (Wildman–Crippen LogP) is 2.98. The predicted molar refractivity (Wildman–Crippen MR) is 57.8 cm³/mol. The van der Waals surface area contributed by atoms with Crippen LogP contribution >= 0.6 is 31.9 Å². The first-order valence-corrected chi connectivity index (χ1v) is 5.86. The highest BCUT2D eigenvalue weighted by atomic mass is 79.9. The Morgan fingerprint density at radius 2 is 2.23 bits per heavy atom. The third-order valence-corrected chi connectivity index (χ3v) is 3.01. The molecule has 0 N–H and O–H groups in total. The lowest BCUT2D eigenvalue weighted by Gasteiger charge is -2.25. The number of hydrogen-bond donors (Lipinski definition) is 0. The van der Waals surface area contributed by atoms with Crippen LogP contribution in [0.5, 0.6) is 11.5 Å². The van der Waals surface area contributed by atoms with Crippen molar-refractivity contribution in [2.45, 2.75) is 6.10 Å². The highest BCUT2D eigenvalue weighted by molar-refractivity contribution is 9.10. The topological polar surface area (TPSA) is 18.5 Å². The van der Waals surface area contributed by atoms with Crippen LogP contribution in [-0.4, -0.2) is 18.0 Å². The summed E-state index contributed by atoms with van der Waals surface area (Å²) in [7, 11) is 0. The molecule has 70 valence electrons. The fourth-order valence-corrected chi connectivity index (χ4v) is 1.82. The highest BCUT2D eigenvalue weighted by Gasteiger charge is 2.19. The summed E-state index contributed by atoms with van der Waals surface area (Å²) < 4.78 is 12.2. The van der Waals surface area contributed by atoms with Gasteiger partial charge in [0.15, 0.2) is 11.5 Å².